The summed E-state index contributed by atoms with van der Waals surface area (Å²) >= 11 is 0. The Hall–Kier alpha value is -1.71. The van der Waals surface area contributed by atoms with Crippen LogP contribution in [0.3, 0.4) is 0 Å². The van der Waals surface area contributed by atoms with Crippen molar-refractivity contribution in [2.45, 2.75) is 46.1 Å². The molecule has 0 aromatic heterocycles. The van der Waals surface area contributed by atoms with Gasteiger partial charge in [-0.25, -0.2) is 0 Å². The Morgan fingerprint density at radius 3 is 2.73 bits per heavy atom. The summed E-state index contributed by atoms with van der Waals surface area (Å²) < 4.78 is 10.8. The third-order valence-electron chi connectivity index (χ3n) is 4.75. The molecule has 122 valence electrons. The van der Waals surface area contributed by atoms with Gasteiger partial charge < -0.3 is 14.8 Å². The van der Waals surface area contributed by atoms with Gasteiger partial charge in [-0.05, 0) is 43.4 Å². The minimum atomic E-state index is -0.0349. The smallest absolute Gasteiger partial charge is 0.251 e. The van der Waals surface area contributed by atoms with E-state index in [1.165, 1.54) is 12.8 Å². The minimum absolute atomic E-state index is 0.0349. The molecule has 0 bridgehead atoms. The lowest BCUT2D eigenvalue weighted by Gasteiger charge is -2.34. The van der Waals surface area contributed by atoms with Crippen molar-refractivity contribution in [3.8, 4) is 11.5 Å². The maximum Gasteiger partial charge on any atom is 0.251 e. The van der Waals surface area contributed by atoms with E-state index in [2.05, 4.69) is 19.2 Å². The predicted octanol–water partition coefficient (Wildman–Crippen LogP) is 3.65. The molecule has 3 atom stereocenters. The molecule has 0 saturated heterocycles. The van der Waals surface area contributed by atoms with E-state index in [1.807, 2.05) is 6.92 Å². The summed E-state index contributed by atoms with van der Waals surface area (Å²) in [7, 11) is 1.59. The maximum atomic E-state index is 12.5. The summed E-state index contributed by atoms with van der Waals surface area (Å²) in [6, 6.07) is 5.59. The van der Waals surface area contributed by atoms with E-state index in [0.29, 0.717) is 35.5 Å². The molecule has 0 aliphatic heterocycles. The van der Waals surface area contributed by atoms with Gasteiger partial charge in [0.25, 0.3) is 5.91 Å². The van der Waals surface area contributed by atoms with Crippen LogP contribution in [0.5, 0.6) is 11.5 Å². The van der Waals surface area contributed by atoms with Crippen LogP contribution in [0.2, 0.25) is 0 Å². The summed E-state index contributed by atoms with van der Waals surface area (Å²) in [6.07, 6.45) is 3.50. The van der Waals surface area contributed by atoms with Gasteiger partial charge in [0.2, 0.25) is 0 Å². The maximum absolute atomic E-state index is 12.5. The highest BCUT2D eigenvalue weighted by molar-refractivity contribution is 5.95. The zero-order valence-corrected chi connectivity index (χ0v) is 14.0. The Bertz CT molecular complexity index is 515. The molecule has 1 N–H and O–H groups in total. The number of hydrogen-bond donors (Lipinski definition) is 1. The molecule has 1 aromatic carbocycles. The molecule has 1 aliphatic carbocycles. The van der Waals surface area contributed by atoms with Crippen LogP contribution in [0, 0.1) is 11.8 Å². The van der Waals surface area contributed by atoms with Crippen molar-refractivity contribution < 1.29 is 14.3 Å². The van der Waals surface area contributed by atoms with E-state index in [0.717, 1.165) is 6.42 Å². The van der Waals surface area contributed by atoms with E-state index in [1.54, 1.807) is 25.3 Å². The van der Waals surface area contributed by atoms with Gasteiger partial charge in [-0.3, -0.25) is 4.79 Å². The Labute approximate surface area is 133 Å². The first kappa shape index (κ1) is 16.7. The van der Waals surface area contributed by atoms with E-state index < -0.39 is 0 Å². The zero-order chi connectivity index (χ0) is 16.1. The molecule has 0 spiro atoms. The SMILES string of the molecule is CCOc1ccc(C(=O)NC2CCCC(C)C2C)cc1OC. The van der Waals surface area contributed by atoms with Crippen LogP contribution in [-0.2, 0) is 0 Å². The molecule has 1 amide bonds. The summed E-state index contributed by atoms with van der Waals surface area (Å²) in [6.45, 7) is 6.99. The Balaban J connectivity index is 2.09. The first-order valence-corrected chi connectivity index (χ1v) is 8.18. The van der Waals surface area contributed by atoms with Gasteiger partial charge >= 0.3 is 0 Å². The second kappa shape index (κ2) is 7.52. The highest BCUT2D eigenvalue weighted by atomic mass is 16.5. The number of methoxy groups -OCH3 is 1. The monoisotopic (exact) mass is 305 g/mol. The predicted molar refractivity (Wildman–Crippen MR) is 87.6 cm³/mol. The number of nitrogens with one attached hydrogen (secondary N) is 1. The molecule has 1 aliphatic rings. The van der Waals surface area contributed by atoms with Crippen LogP contribution in [0.15, 0.2) is 18.2 Å². The number of ether oxygens (including phenoxy) is 2. The van der Waals surface area contributed by atoms with Gasteiger partial charge in [0.15, 0.2) is 11.5 Å². The topological polar surface area (TPSA) is 47.6 Å². The summed E-state index contributed by atoms with van der Waals surface area (Å²) in [4.78, 5) is 12.5. The lowest BCUT2D eigenvalue weighted by atomic mass is 9.78. The molecule has 1 saturated carbocycles. The van der Waals surface area contributed by atoms with Crippen LogP contribution in [0.25, 0.3) is 0 Å². The van der Waals surface area contributed by atoms with E-state index in [9.17, 15) is 4.79 Å². The number of hydrogen-bond acceptors (Lipinski definition) is 3. The van der Waals surface area contributed by atoms with Gasteiger partial charge in [-0.15, -0.1) is 0 Å². The number of amides is 1. The van der Waals surface area contributed by atoms with Crippen molar-refractivity contribution in [3.63, 3.8) is 0 Å². The van der Waals surface area contributed by atoms with Gasteiger partial charge in [-0.2, -0.15) is 0 Å². The molecule has 0 radical (unpaired) electrons. The molecule has 1 aromatic rings. The molecular formula is C18H27NO3. The molecule has 22 heavy (non-hydrogen) atoms. The third kappa shape index (κ3) is 3.73. The Kier molecular flexibility index (Phi) is 5.69. The lowest BCUT2D eigenvalue weighted by molar-refractivity contribution is 0.0890. The number of carbonyl (C=O) groups is 1. The second-order valence-electron chi connectivity index (χ2n) is 6.15. The standard InChI is InChI=1S/C18H27NO3/c1-5-22-16-10-9-14(11-17(16)21-4)18(20)19-15-8-6-7-12(2)13(15)3/h9-13,15H,5-8H2,1-4H3,(H,19,20). The van der Waals surface area contributed by atoms with E-state index in [-0.39, 0.29) is 11.9 Å². The van der Waals surface area contributed by atoms with Crippen LogP contribution in [0.4, 0.5) is 0 Å². The summed E-state index contributed by atoms with van der Waals surface area (Å²) in [5.41, 5.74) is 0.616. The van der Waals surface area contributed by atoms with Crippen LogP contribution < -0.4 is 14.8 Å². The highest BCUT2D eigenvalue weighted by Crippen LogP contribution is 2.31. The van der Waals surface area contributed by atoms with Crippen molar-refractivity contribution in [1.29, 1.82) is 0 Å². The molecule has 0 heterocycles. The Morgan fingerprint density at radius 2 is 2.05 bits per heavy atom. The second-order valence-corrected chi connectivity index (χ2v) is 6.15. The lowest BCUT2D eigenvalue weighted by Crippen LogP contribution is -2.43. The van der Waals surface area contributed by atoms with Crippen molar-refractivity contribution in [3.05, 3.63) is 23.8 Å². The van der Waals surface area contributed by atoms with E-state index >= 15 is 0 Å². The normalized spacial score (nSPS) is 24.6. The first-order valence-electron chi connectivity index (χ1n) is 8.18. The fraction of sp³-hybridized carbons (Fsp3) is 0.611. The zero-order valence-electron chi connectivity index (χ0n) is 14.0. The van der Waals surface area contributed by atoms with Crippen molar-refractivity contribution in [1.82, 2.24) is 5.32 Å². The summed E-state index contributed by atoms with van der Waals surface area (Å²) in [5.74, 6) is 2.41. The molecular weight excluding hydrogens is 278 g/mol. The van der Waals surface area contributed by atoms with Gasteiger partial charge in [-0.1, -0.05) is 26.7 Å². The molecule has 4 nitrogen and oxygen atoms in total. The molecule has 1 fully saturated rings. The molecule has 2 rings (SSSR count). The van der Waals surface area contributed by atoms with Gasteiger partial charge in [0, 0.05) is 11.6 Å². The van der Waals surface area contributed by atoms with Crippen LogP contribution >= 0.6 is 0 Å². The molecule has 4 heteroatoms. The quantitative estimate of drug-likeness (QED) is 0.903. The number of carbonyl (C=O) groups excluding carboxylic acids is 1. The van der Waals surface area contributed by atoms with Crippen molar-refractivity contribution in [2.24, 2.45) is 11.8 Å². The largest absolute Gasteiger partial charge is 0.493 e. The number of rotatable bonds is 5. The third-order valence-corrected chi connectivity index (χ3v) is 4.75. The van der Waals surface area contributed by atoms with Crippen molar-refractivity contribution >= 4 is 5.91 Å². The van der Waals surface area contributed by atoms with Gasteiger partial charge in [0.05, 0.1) is 13.7 Å². The average Bonchev–Trinajstić information content (AvgIpc) is 2.52. The Morgan fingerprint density at radius 1 is 1.27 bits per heavy atom. The number of benzene rings is 1. The summed E-state index contributed by atoms with van der Waals surface area (Å²) in [5, 5.41) is 3.18. The highest BCUT2D eigenvalue weighted by Gasteiger charge is 2.28. The van der Waals surface area contributed by atoms with Crippen LogP contribution in [-0.4, -0.2) is 25.7 Å². The van der Waals surface area contributed by atoms with Crippen molar-refractivity contribution in [2.75, 3.05) is 13.7 Å². The fourth-order valence-electron chi connectivity index (χ4n) is 3.12. The fourth-order valence-corrected chi connectivity index (χ4v) is 3.12. The average molecular weight is 305 g/mol. The molecule has 3 unspecified atom stereocenters. The van der Waals surface area contributed by atoms with Gasteiger partial charge in [0.1, 0.15) is 0 Å². The first-order chi connectivity index (χ1) is 10.6. The van der Waals surface area contributed by atoms with Crippen LogP contribution in [0.1, 0.15) is 50.4 Å². The minimum Gasteiger partial charge on any atom is -0.493 e. The van der Waals surface area contributed by atoms with E-state index in [4.69, 9.17) is 9.47 Å².